The molecular formula is C25H31ClN2O3. The average molecular weight is 443 g/mol. The fourth-order valence-corrected chi connectivity index (χ4v) is 5.93. The van der Waals surface area contributed by atoms with Crippen LogP contribution in [0.1, 0.15) is 43.2 Å². The van der Waals surface area contributed by atoms with E-state index in [0.717, 1.165) is 51.9 Å². The standard InChI is InChI=1S/C25H31ClN2O3/c1-27-13-15-28(16-14-27)23(30)3-2-8-25-10-9-24(31,11-12-26)18-20(25)5-4-19-17-21(29)6-7-22(19)25/h2-3,6-7,17,20,29,31H,4-5,8-10,13-16,18H2,1H3/t20-,24+,25-/m0/s1. The van der Waals surface area contributed by atoms with Gasteiger partial charge < -0.3 is 20.0 Å². The summed E-state index contributed by atoms with van der Waals surface area (Å²) in [7, 11) is 2.08. The quantitative estimate of drug-likeness (QED) is 0.558. The van der Waals surface area contributed by atoms with Crippen LogP contribution in [0.5, 0.6) is 5.75 Å². The molecule has 1 amide bonds. The normalized spacial score (nSPS) is 30.9. The zero-order valence-electron chi connectivity index (χ0n) is 18.1. The zero-order chi connectivity index (χ0) is 22.1. The van der Waals surface area contributed by atoms with E-state index in [2.05, 4.69) is 23.2 Å². The Kier molecular flexibility index (Phi) is 6.35. The van der Waals surface area contributed by atoms with E-state index in [1.807, 2.05) is 23.1 Å². The van der Waals surface area contributed by atoms with E-state index in [0.29, 0.717) is 12.8 Å². The predicted molar refractivity (Wildman–Crippen MR) is 122 cm³/mol. The van der Waals surface area contributed by atoms with Crippen LogP contribution in [0.15, 0.2) is 30.4 Å². The SMILES string of the molecule is CN1CCN(C(=O)C=CC[C@]23CC[C@@](O)(C#CCl)C[C@@H]2CCc2cc(O)ccc23)CC1. The van der Waals surface area contributed by atoms with E-state index in [1.165, 1.54) is 11.1 Å². The summed E-state index contributed by atoms with van der Waals surface area (Å²) in [5, 5.41) is 23.3. The maximum absolute atomic E-state index is 12.7. The van der Waals surface area contributed by atoms with Crippen molar-refractivity contribution in [3.05, 3.63) is 41.5 Å². The van der Waals surface area contributed by atoms with Crippen LogP contribution in [0.2, 0.25) is 0 Å². The number of aliphatic hydroxyl groups is 1. The van der Waals surface area contributed by atoms with Crippen LogP contribution >= 0.6 is 11.6 Å². The molecule has 0 radical (unpaired) electrons. The molecule has 1 heterocycles. The van der Waals surface area contributed by atoms with E-state index in [1.54, 1.807) is 12.1 Å². The number of phenols is 1. The van der Waals surface area contributed by atoms with Gasteiger partial charge in [0, 0.05) is 37.0 Å². The maximum Gasteiger partial charge on any atom is 0.246 e. The number of carbonyl (C=O) groups is 1. The van der Waals surface area contributed by atoms with Gasteiger partial charge in [0.25, 0.3) is 0 Å². The minimum Gasteiger partial charge on any atom is -0.508 e. The molecule has 166 valence electrons. The van der Waals surface area contributed by atoms with E-state index in [9.17, 15) is 15.0 Å². The second-order valence-electron chi connectivity index (χ2n) is 9.42. The van der Waals surface area contributed by atoms with E-state index >= 15 is 0 Å². The first-order chi connectivity index (χ1) is 14.8. The lowest BCUT2D eigenvalue weighted by Crippen LogP contribution is -2.49. The van der Waals surface area contributed by atoms with Crippen molar-refractivity contribution >= 4 is 17.5 Å². The molecule has 0 bridgehead atoms. The van der Waals surface area contributed by atoms with Gasteiger partial charge in [0.15, 0.2) is 0 Å². The number of benzene rings is 1. The van der Waals surface area contributed by atoms with Gasteiger partial charge in [-0.15, -0.1) is 0 Å². The average Bonchev–Trinajstić information content (AvgIpc) is 2.74. The number of piperazine rings is 1. The van der Waals surface area contributed by atoms with Crippen molar-refractivity contribution in [2.45, 2.75) is 49.5 Å². The lowest BCUT2D eigenvalue weighted by Gasteiger charge is -2.52. The van der Waals surface area contributed by atoms with Gasteiger partial charge in [-0.25, -0.2) is 0 Å². The molecule has 31 heavy (non-hydrogen) atoms. The molecule has 3 aliphatic rings. The number of allylic oxidation sites excluding steroid dienone is 1. The lowest BCUT2D eigenvalue weighted by molar-refractivity contribution is -0.127. The molecule has 6 heteroatoms. The molecular weight excluding hydrogens is 412 g/mol. The molecule has 1 aliphatic heterocycles. The summed E-state index contributed by atoms with van der Waals surface area (Å²) < 4.78 is 0. The molecule has 0 aromatic heterocycles. The van der Waals surface area contributed by atoms with Crippen LogP contribution in [0, 0.1) is 17.2 Å². The summed E-state index contributed by atoms with van der Waals surface area (Å²) in [6.45, 7) is 3.34. The second-order valence-corrected chi connectivity index (χ2v) is 9.61. The van der Waals surface area contributed by atoms with Crippen molar-refractivity contribution in [3.63, 3.8) is 0 Å². The van der Waals surface area contributed by atoms with E-state index in [-0.39, 0.29) is 23.0 Å². The zero-order valence-corrected chi connectivity index (χ0v) is 18.9. The highest BCUT2D eigenvalue weighted by atomic mass is 35.5. The number of halogens is 1. The van der Waals surface area contributed by atoms with Crippen molar-refractivity contribution in [2.24, 2.45) is 5.92 Å². The smallest absolute Gasteiger partial charge is 0.246 e. The lowest BCUT2D eigenvalue weighted by atomic mass is 9.53. The van der Waals surface area contributed by atoms with Crippen LogP contribution < -0.4 is 0 Å². The Labute approximate surface area is 189 Å². The fourth-order valence-electron chi connectivity index (χ4n) is 5.76. The molecule has 4 rings (SSSR count). The molecule has 2 fully saturated rings. The van der Waals surface area contributed by atoms with Crippen LogP contribution in [-0.4, -0.2) is 64.7 Å². The first kappa shape index (κ1) is 22.2. The minimum absolute atomic E-state index is 0.0723. The number of likely N-dealkylation sites (N-methyl/N-ethyl adjacent to an activating group) is 1. The molecule has 2 aliphatic carbocycles. The number of amides is 1. The molecule has 1 saturated heterocycles. The molecule has 5 nitrogen and oxygen atoms in total. The van der Waals surface area contributed by atoms with Gasteiger partial charge >= 0.3 is 0 Å². The number of hydrogen-bond acceptors (Lipinski definition) is 4. The second kappa shape index (κ2) is 8.86. The number of phenolic OH excluding ortho intramolecular Hbond substituents is 1. The number of aryl methyl sites for hydroxylation is 1. The molecule has 1 aromatic carbocycles. The molecule has 2 N–H and O–H groups in total. The van der Waals surface area contributed by atoms with Crippen molar-refractivity contribution in [1.29, 1.82) is 0 Å². The minimum atomic E-state index is -1.05. The summed E-state index contributed by atoms with van der Waals surface area (Å²) in [6, 6.07) is 5.65. The van der Waals surface area contributed by atoms with Gasteiger partial charge in [0.05, 0.1) is 0 Å². The van der Waals surface area contributed by atoms with Crippen LogP contribution in [-0.2, 0) is 16.6 Å². The molecule has 0 spiro atoms. The Morgan fingerprint density at radius 2 is 2.06 bits per heavy atom. The van der Waals surface area contributed by atoms with Crippen molar-refractivity contribution < 1.29 is 15.0 Å². The molecule has 3 atom stereocenters. The predicted octanol–water partition coefficient (Wildman–Crippen LogP) is 3.03. The third-order valence-corrected chi connectivity index (χ3v) is 7.67. The summed E-state index contributed by atoms with van der Waals surface area (Å²) in [5.41, 5.74) is 1.19. The Hall–Kier alpha value is -2.00. The number of rotatable bonds is 3. The summed E-state index contributed by atoms with van der Waals surface area (Å²) in [5.74, 6) is 3.41. The van der Waals surface area contributed by atoms with Crippen molar-refractivity contribution in [3.8, 4) is 17.0 Å². The number of nitrogens with zero attached hydrogens (tertiary/aromatic N) is 2. The molecule has 1 saturated carbocycles. The largest absolute Gasteiger partial charge is 0.508 e. The van der Waals surface area contributed by atoms with Gasteiger partial charge in [-0.1, -0.05) is 18.1 Å². The topological polar surface area (TPSA) is 64.0 Å². The Balaban J connectivity index is 1.58. The van der Waals surface area contributed by atoms with Crippen LogP contribution in [0.25, 0.3) is 0 Å². The Morgan fingerprint density at radius 3 is 2.81 bits per heavy atom. The summed E-state index contributed by atoms with van der Waals surface area (Å²) in [4.78, 5) is 16.8. The highest BCUT2D eigenvalue weighted by molar-refractivity contribution is 6.30. The number of hydrogen-bond donors (Lipinski definition) is 2. The van der Waals surface area contributed by atoms with Gasteiger partial charge in [-0.2, -0.15) is 0 Å². The molecule has 0 unspecified atom stereocenters. The monoisotopic (exact) mass is 442 g/mol. The number of fused-ring (bicyclic) bond motifs is 3. The number of aromatic hydroxyl groups is 1. The van der Waals surface area contributed by atoms with Crippen LogP contribution in [0.3, 0.4) is 0 Å². The summed E-state index contributed by atoms with van der Waals surface area (Å²) in [6.07, 6.45) is 8.16. The third-order valence-electron chi connectivity index (χ3n) is 7.58. The third kappa shape index (κ3) is 4.48. The first-order valence-electron chi connectivity index (χ1n) is 11.2. The highest BCUT2D eigenvalue weighted by Gasteiger charge is 2.50. The van der Waals surface area contributed by atoms with E-state index in [4.69, 9.17) is 11.6 Å². The van der Waals surface area contributed by atoms with Gasteiger partial charge in [0.1, 0.15) is 11.4 Å². The van der Waals surface area contributed by atoms with Crippen molar-refractivity contribution in [2.75, 3.05) is 33.2 Å². The number of carbonyl (C=O) groups excluding carboxylic acids is 1. The Bertz CT molecular complexity index is 928. The Morgan fingerprint density at radius 1 is 1.29 bits per heavy atom. The maximum atomic E-state index is 12.7. The van der Waals surface area contributed by atoms with Gasteiger partial charge in [-0.3, -0.25) is 4.79 Å². The van der Waals surface area contributed by atoms with Gasteiger partial charge in [0.2, 0.25) is 5.91 Å². The van der Waals surface area contributed by atoms with E-state index < -0.39 is 5.60 Å². The van der Waals surface area contributed by atoms with Gasteiger partial charge in [-0.05, 0) is 92.4 Å². The summed E-state index contributed by atoms with van der Waals surface area (Å²) >= 11 is 5.63. The fraction of sp³-hybridized carbons (Fsp3) is 0.560. The molecule has 1 aromatic rings. The van der Waals surface area contributed by atoms with Crippen LogP contribution in [0.4, 0.5) is 0 Å². The van der Waals surface area contributed by atoms with Crippen molar-refractivity contribution in [1.82, 2.24) is 9.80 Å². The highest BCUT2D eigenvalue weighted by Crippen LogP contribution is 2.54. The first-order valence-corrected chi connectivity index (χ1v) is 11.5.